The molecule has 0 radical (unpaired) electrons. The highest BCUT2D eigenvalue weighted by Gasteiger charge is 2.35. The van der Waals surface area contributed by atoms with E-state index in [9.17, 15) is 13.2 Å². The van der Waals surface area contributed by atoms with Crippen LogP contribution in [0.5, 0.6) is 5.75 Å². The molecule has 3 rings (SSSR count). The predicted molar refractivity (Wildman–Crippen MR) is 99.5 cm³/mol. The highest BCUT2D eigenvalue weighted by atomic mass is 32.2. The predicted octanol–water partition coefficient (Wildman–Crippen LogP) is 2.35. The molecule has 2 fully saturated rings. The third-order valence-corrected chi connectivity index (χ3v) is 7.41. The lowest BCUT2D eigenvalue weighted by Crippen LogP contribution is -2.48. The summed E-state index contributed by atoms with van der Waals surface area (Å²) in [6, 6.07) is 6.42. The van der Waals surface area contributed by atoms with Gasteiger partial charge in [-0.05, 0) is 55.9 Å². The summed E-state index contributed by atoms with van der Waals surface area (Å²) in [6.07, 6.45) is 3.55. The number of rotatable bonds is 4. The zero-order chi connectivity index (χ0) is 18.7. The Bertz CT molecular complexity index is 724. The number of hydrogen-bond donors (Lipinski definition) is 0. The molecule has 6 nitrogen and oxygen atoms in total. The molecule has 0 spiro atoms. The van der Waals surface area contributed by atoms with E-state index in [0.717, 1.165) is 38.8 Å². The fraction of sp³-hybridized carbons (Fsp3) is 0.632. The number of carbonyl (C=O) groups excluding carboxylic acids is 1. The second kappa shape index (κ2) is 7.96. The second-order valence-corrected chi connectivity index (χ2v) is 9.32. The van der Waals surface area contributed by atoms with Crippen LogP contribution in [-0.2, 0) is 14.8 Å². The Balaban J connectivity index is 1.69. The first-order valence-corrected chi connectivity index (χ1v) is 10.8. The van der Waals surface area contributed by atoms with Gasteiger partial charge in [-0.3, -0.25) is 4.79 Å². The summed E-state index contributed by atoms with van der Waals surface area (Å²) in [7, 11) is -2.04. The molecule has 2 heterocycles. The van der Waals surface area contributed by atoms with E-state index in [4.69, 9.17) is 4.74 Å². The van der Waals surface area contributed by atoms with Gasteiger partial charge >= 0.3 is 0 Å². The van der Waals surface area contributed by atoms with Gasteiger partial charge in [0.1, 0.15) is 5.75 Å². The minimum atomic E-state index is -3.59. The lowest BCUT2D eigenvalue weighted by Gasteiger charge is -2.36. The number of methoxy groups -OCH3 is 1. The van der Waals surface area contributed by atoms with E-state index in [0.29, 0.717) is 18.2 Å². The van der Waals surface area contributed by atoms with Crippen molar-refractivity contribution in [2.45, 2.75) is 37.5 Å². The van der Waals surface area contributed by atoms with E-state index in [2.05, 4.69) is 6.92 Å². The molecular weight excluding hydrogens is 352 g/mol. The average molecular weight is 381 g/mol. The number of likely N-dealkylation sites (tertiary alicyclic amines) is 1. The summed E-state index contributed by atoms with van der Waals surface area (Å²) in [5.41, 5.74) is 0. The summed E-state index contributed by atoms with van der Waals surface area (Å²) < 4.78 is 32.4. The fourth-order valence-corrected chi connectivity index (χ4v) is 5.27. The third-order valence-electron chi connectivity index (χ3n) is 5.53. The highest BCUT2D eigenvalue weighted by molar-refractivity contribution is 7.89. The molecule has 0 bridgehead atoms. The number of carbonyl (C=O) groups is 1. The number of hydrogen-bond acceptors (Lipinski definition) is 4. The van der Waals surface area contributed by atoms with E-state index in [-0.39, 0.29) is 23.3 Å². The number of benzene rings is 1. The zero-order valence-corrected chi connectivity index (χ0v) is 16.4. The van der Waals surface area contributed by atoms with E-state index in [1.807, 2.05) is 4.90 Å². The lowest BCUT2D eigenvalue weighted by atomic mass is 9.94. The smallest absolute Gasteiger partial charge is 0.243 e. The van der Waals surface area contributed by atoms with Crippen LogP contribution in [0, 0.1) is 11.8 Å². The molecule has 26 heavy (non-hydrogen) atoms. The molecule has 0 aliphatic carbocycles. The van der Waals surface area contributed by atoms with Crippen molar-refractivity contribution in [1.29, 1.82) is 0 Å². The molecule has 1 atom stereocenters. The molecule has 0 N–H and O–H groups in total. The highest BCUT2D eigenvalue weighted by Crippen LogP contribution is 2.27. The van der Waals surface area contributed by atoms with Gasteiger partial charge in [-0.1, -0.05) is 6.92 Å². The van der Waals surface area contributed by atoms with Gasteiger partial charge in [0.15, 0.2) is 0 Å². The number of nitrogens with zero attached hydrogens (tertiary/aromatic N) is 2. The fourth-order valence-electron chi connectivity index (χ4n) is 3.75. The first-order valence-electron chi connectivity index (χ1n) is 9.35. The molecule has 2 aliphatic heterocycles. The largest absolute Gasteiger partial charge is 0.497 e. The normalized spacial score (nSPS) is 23.0. The van der Waals surface area contributed by atoms with Crippen molar-refractivity contribution in [3.05, 3.63) is 24.3 Å². The van der Waals surface area contributed by atoms with Crippen molar-refractivity contribution in [3.8, 4) is 5.75 Å². The van der Waals surface area contributed by atoms with Crippen molar-refractivity contribution in [2.75, 3.05) is 33.3 Å². The Morgan fingerprint density at radius 1 is 1.08 bits per heavy atom. The molecule has 144 valence electrons. The van der Waals surface area contributed by atoms with Crippen molar-refractivity contribution in [1.82, 2.24) is 9.21 Å². The molecule has 1 aromatic rings. The molecule has 0 saturated carbocycles. The summed E-state index contributed by atoms with van der Waals surface area (Å²) >= 11 is 0. The van der Waals surface area contributed by atoms with Gasteiger partial charge in [0.25, 0.3) is 0 Å². The van der Waals surface area contributed by atoms with E-state index in [1.54, 1.807) is 31.4 Å². The van der Waals surface area contributed by atoms with Gasteiger partial charge in [-0.25, -0.2) is 8.42 Å². The summed E-state index contributed by atoms with van der Waals surface area (Å²) in [6.45, 7) is 4.55. The Kier molecular flexibility index (Phi) is 5.87. The third kappa shape index (κ3) is 4.04. The van der Waals surface area contributed by atoms with Crippen LogP contribution in [0.2, 0.25) is 0 Å². The van der Waals surface area contributed by atoms with Crippen LogP contribution >= 0.6 is 0 Å². The zero-order valence-electron chi connectivity index (χ0n) is 15.6. The van der Waals surface area contributed by atoms with E-state index in [1.165, 1.54) is 4.31 Å². The van der Waals surface area contributed by atoms with Crippen molar-refractivity contribution >= 4 is 15.9 Å². The molecule has 1 unspecified atom stereocenters. The average Bonchev–Trinajstić information content (AvgIpc) is 2.68. The standard InChI is InChI=1S/C19H28N2O4S/c1-15-9-12-20(13-10-15)19(22)16-4-3-11-21(14-16)26(23,24)18-7-5-17(25-2)6-8-18/h5-8,15-16H,3-4,9-14H2,1-2H3. The summed E-state index contributed by atoms with van der Waals surface area (Å²) in [5.74, 6) is 1.17. The maximum atomic E-state index is 12.9. The van der Waals surface area contributed by atoms with Gasteiger partial charge in [0.05, 0.1) is 17.9 Å². The van der Waals surface area contributed by atoms with Crippen LogP contribution in [0.3, 0.4) is 0 Å². The molecule has 0 aromatic heterocycles. The van der Waals surface area contributed by atoms with Crippen LogP contribution < -0.4 is 4.74 Å². The summed E-state index contributed by atoms with van der Waals surface area (Å²) in [4.78, 5) is 15.0. The Morgan fingerprint density at radius 3 is 2.35 bits per heavy atom. The first kappa shape index (κ1) is 19.2. The van der Waals surface area contributed by atoms with Crippen LogP contribution in [0.4, 0.5) is 0 Å². The molecule has 2 aliphatic rings. The molecule has 1 amide bonds. The van der Waals surface area contributed by atoms with Gasteiger partial charge < -0.3 is 9.64 Å². The van der Waals surface area contributed by atoms with Gasteiger partial charge in [-0.2, -0.15) is 4.31 Å². The van der Waals surface area contributed by atoms with Crippen LogP contribution in [-0.4, -0.2) is 56.8 Å². The van der Waals surface area contributed by atoms with Gasteiger partial charge in [0, 0.05) is 26.2 Å². The quantitative estimate of drug-likeness (QED) is 0.804. The molecule has 1 aromatic carbocycles. The maximum absolute atomic E-state index is 12.9. The minimum Gasteiger partial charge on any atom is -0.497 e. The maximum Gasteiger partial charge on any atom is 0.243 e. The van der Waals surface area contributed by atoms with Crippen molar-refractivity contribution in [3.63, 3.8) is 0 Å². The monoisotopic (exact) mass is 380 g/mol. The second-order valence-electron chi connectivity index (χ2n) is 7.39. The van der Waals surface area contributed by atoms with E-state index >= 15 is 0 Å². The number of sulfonamides is 1. The van der Waals surface area contributed by atoms with Gasteiger partial charge in [-0.15, -0.1) is 0 Å². The SMILES string of the molecule is COc1ccc(S(=O)(=O)N2CCCC(C(=O)N3CCC(C)CC3)C2)cc1. The lowest BCUT2D eigenvalue weighted by molar-refractivity contribution is -0.138. The number of ether oxygens (including phenoxy) is 1. The first-order chi connectivity index (χ1) is 12.4. The van der Waals surface area contributed by atoms with Crippen LogP contribution in [0.15, 0.2) is 29.2 Å². The van der Waals surface area contributed by atoms with Crippen LogP contribution in [0.25, 0.3) is 0 Å². The summed E-state index contributed by atoms with van der Waals surface area (Å²) in [5, 5.41) is 0. The minimum absolute atomic E-state index is 0.117. The van der Waals surface area contributed by atoms with Crippen LogP contribution in [0.1, 0.15) is 32.6 Å². The Hall–Kier alpha value is -1.60. The molecule has 2 saturated heterocycles. The molecule has 7 heteroatoms. The number of amides is 1. The van der Waals surface area contributed by atoms with Crippen molar-refractivity contribution in [2.24, 2.45) is 11.8 Å². The van der Waals surface area contributed by atoms with Gasteiger partial charge in [0.2, 0.25) is 15.9 Å². The van der Waals surface area contributed by atoms with Crippen molar-refractivity contribution < 1.29 is 17.9 Å². The molecular formula is C19H28N2O4S. The Labute approximate surface area is 156 Å². The van der Waals surface area contributed by atoms with E-state index < -0.39 is 10.0 Å². The topological polar surface area (TPSA) is 66.9 Å². The number of piperidine rings is 2. The Morgan fingerprint density at radius 2 is 1.73 bits per heavy atom.